The average molecular weight is 328 g/mol. The van der Waals surface area contributed by atoms with Crippen molar-refractivity contribution in [3.63, 3.8) is 0 Å². The van der Waals surface area contributed by atoms with Crippen LogP contribution < -0.4 is 5.32 Å². The number of carbonyl (C=O) groups excluding carboxylic acids is 1. The van der Waals surface area contributed by atoms with Gasteiger partial charge >= 0.3 is 0 Å². The number of aromatic nitrogens is 2. The molecule has 0 saturated heterocycles. The first-order chi connectivity index (χ1) is 11.0. The summed E-state index contributed by atoms with van der Waals surface area (Å²) in [5, 5.41) is 14.2. The number of nitro benzene ring substituents is 1. The summed E-state index contributed by atoms with van der Waals surface area (Å²) in [5.74, 6) is -0.154. The van der Waals surface area contributed by atoms with Crippen molar-refractivity contribution < 1.29 is 9.72 Å². The molecule has 0 saturated carbocycles. The second-order valence-corrected chi connectivity index (χ2v) is 5.81. The quantitative estimate of drug-likeness (QED) is 0.563. The van der Waals surface area contributed by atoms with Crippen LogP contribution in [0.3, 0.4) is 0 Å². The maximum Gasteiger partial charge on any atom is 0.271 e. The van der Waals surface area contributed by atoms with E-state index in [4.69, 9.17) is 0 Å². The highest BCUT2D eigenvalue weighted by atomic mass is 32.2. The van der Waals surface area contributed by atoms with Gasteiger partial charge < -0.3 is 10.3 Å². The Hall–Kier alpha value is -2.87. The van der Waals surface area contributed by atoms with Gasteiger partial charge in [0.2, 0.25) is 5.91 Å². The molecule has 3 aromatic rings. The van der Waals surface area contributed by atoms with Crippen LogP contribution in [0.5, 0.6) is 0 Å². The molecule has 0 radical (unpaired) electrons. The smallest absolute Gasteiger partial charge is 0.271 e. The Morgan fingerprint density at radius 2 is 2.09 bits per heavy atom. The molecule has 0 aliphatic heterocycles. The number of aromatic amines is 1. The fourth-order valence-corrected chi connectivity index (χ4v) is 2.98. The summed E-state index contributed by atoms with van der Waals surface area (Å²) in [5.41, 5.74) is 1.95. The number of imidazole rings is 1. The van der Waals surface area contributed by atoms with Gasteiger partial charge in [-0.1, -0.05) is 12.1 Å². The lowest BCUT2D eigenvalue weighted by molar-refractivity contribution is -0.384. The van der Waals surface area contributed by atoms with E-state index in [-0.39, 0.29) is 11.6 Å². The molecule has 0 unspecified atom stereocenters. The molecule has 1 amide bonds. The summed E-state index contributed by atoms with van der Waals surface area (Å²) in [6.07, 6.45) is 0. The number of non-ortho nitro benzene ring substituents is 1. The van der Waals surface area contributed by atoms with Gasteiger partial charge in [0.1, 0.15) is 0 Å². The standard InChI is InChI=1S/C15H12N4O3S/c1-9(20)16-12-4-2-3-5-14(12)23-15-17-11-7-6-10(19(21)22)8-13(11)18-15/h2-8H,1H3,(H,16,20)(H,17,18). The number of benzene rings is 2. The second kappa shape index (κ2) is 6.09. The predicted octanol–water partition coefficient (Wildman–Crippen LogP) is 3.58. The fraction of sp³-hybridized carbons (Fsp3) is 0.0667. The number of hydrogen-bond acceptors (Lipinski definition) is 5. The lowest BCUT2D eigenvalue weighted by atomic mass is 10.3. The Bertz CT molecular complexity index is 907. The number of nitro groups is 1. The molecular weight excluding hydrogens is 316 g/mol. The van der Waals surface area contributed by atoms with Gasteiger partial charge in [-0.05, 0) is 30.0 Å². The van der Waals surface area contributed by atoms with E-state index in [1.807, 2.05) is 18.2 Å². The lowest BCUT2D eigenvalue weighted by Crippen LogP contribution is -2.06. The van der Waals surface area contributed by atoms with Gasteiger partial charge in [0.15, 0.2) is 5.16 Å². The lowest BCUT2D eigenvalue weighted by Gasteiger charge is -2.07. The molecule has 0 aliphatic carbocycles. The third kappa shape index (κ3) is 3.32. The zero-order chi connectivity index (χ0) is 16.4. The summed E-state index contributed by atoms with van der Waals surface area (Å²) in [4.78, 5) is 29.9. The summed E-state index contributed by atoms with van der Waals surface area (Å²) in [7, 11) is 0. The van der Waals surface area contributed by atoms with Crippen LogP contribution in [0.4, 0.5) is 11.4 Å². The number of hydrogen-bond donors (Lipinski definition) is 2. The molecule has 0 fully saturated rings. The van der Waals surface area contributed by atoms with Crippen LogP contribution in [-0.2, 0) is 4.79 Å². The van der Waals surface area contributed by atoms with Crippen molar-refractivity contribution in [3.8, 4) is 0 Å². The molecule has 8 heteroatoms. The molecule has 116 valence electrons. The predicted molar refractivity (Wildman–Crippen MR) is 87.6 cm³/mol. The molecule has 7 nitrogen and oxygen atoms in total. The number of nitrogens with zero attached hydrogens (tertiary/aromatic N) is 2. The number of carbonyl (C=O) groups is 1. The summed E-state index contributed by atoms with van der Waals surface area (Å²) < 4.78 is 0. The minimum absolute atomic E-state index is 0.0105. The molecule has 0 bridgehead atoms. The van der Waals surface area contributed by atoms with E-state index in [0.29, 0.717) is 21.9 Å². The number of anilines is 1. The highest BCUT2D eigenvalue weighted by molar-refractivity contribution is 7.99. The van der Waals surface area contributed by atoms with Crippen LogP contribution in [0.1, 0.15) is 6.92 Å². The minimum atomic E-state index is -0.445. The van der Waals surface area contributed by atoms with Gasteiger partial charge in [-0.3, -0.25) is 14.9 Å². The molecule has 1 aromatic heterocycles. The molecular formula is C15H12N4O3S. The van der Waals surface area contributed by atoms with Crippen LogP contribution in [0.15, 0.2) is 52.5 Å². The largest absolute Gasteiger partial charge is 0.332 e. The Morgan fingerprint density at radius 3 is 2.83 bits per heavy atom. The second-order valence-electron chi connectivity index (χ2n) is 4.78. The van der Waals surface area contributed by atoms with Crippen molar-refractivity contribution >= 4 is 40.1 Å². The van der Waals surface area contributed by atoms with Gasteiger partial charge in [0.05, 0.1) is 21.6 Å². The Kier molecular flexibility index (Phi) is 3.98. The number of nitrogens with one attached hydrogen (secondary N) is 2. The topological polar surface area (TPSA) is 101 Å². The molecule has 3 rings (SSSR count). The summed E-state index contributed by atoms with van der Waals surface area (Å²) in [6.45, 7) is 1.45. The molecule has 1 heterocycles. The Balaban J connectivity index is 1.93. The molecule has 0 atom stereocenters. The van der Waals surface area contributed by atoms with E-state index in [1.165, 1.54) is 30.8 Å². The summed E-state index contributed by atoms with van der Waals surface area (Å²) in [6, 6.07) is 11.8. The summed E-state index contributed by atoms with van der Waals surface area (Å²) >= 11 is 1.34. The number of rotatable bonds is 4. The third-order valence-corrected chi connectivity index (χ3v) is 4.02. The third-order valence-electron chi connectivity index (χ3n) is 3.06. The Morgan fingerprint density at radius 1 is 1.30 bits per heavy atom. The van der Waals surface area contributed by atoms with Crippen molar-refractivity contribution in [3.05, 3.63) is 52.6 Å². The van der Waals surface area contributed by atoms with E-state index in [2.05, 4.69) is 15.3 Å². The van der Waals surface area contributed by atoms with Gasteiger partial charge in [-0.25, -0.2) is 4.98 Å². The van der Waals surface area contributed by atoms with Crippen molar-refractivity contribution in [2.45, 2.75) is 17.0 Å². The van der Waals surface area contributed by atoms with Crippen molar-refractivity contribution in [2.24, 2.45) is 0 Å². The number of fused-ring (bicyclic) bond motifs is 1. The van der Waals surface area contributed by atoms with E-state index in [9.17, 15) is 14.9 Å². The monoisotopic (exact) mass is 328 g/mol. The van der Waals surface area contributed by atoms with Crippen molar-refractivity contribution in [1.29, 1.82) is 0 Å². The van der Waals surface area contributed by atoms with Crippen molar-refractivity contribution in [2.75, 3.05) is 5.32 Å². The SMILES string of the molecule is CC(=O)Nc1ccccc1Sc1nc2ccc([N+](=O)[O-])cc2[nH]1. The van der Waals surface area contributed by atoms with Crippen LogP contribution in [0.2, 0.25) is 0 Å². The first-order valence-electron chi connectivity index (χ1n) is 6.71. The number of H-pyrrole nitrogens is 1. The minimum Gasteiger partial charge on any atom is -0.332 e. The first-order valence-corrected chi connectivity index (χ1v) is 7.53. The van der Waals surface area contributed by atoms with E-state index < -0.39 is 4.92 Å². The van der Waals surface area contributed by atoms with Gasteiger partial charge in [0.25, 0.3) is 5.69 Å². The zero-order valence-corrected chi connectivity index (χ0v) is 12.9. The van der Waals surface area contributed by atoms with Crippen LogP contribution in [0, 0.1) is 10.1 Å². The molecule has 2 N–H and O–H groups in total. The molecule has 2 aromatic carbocycles. The molecule has 0 aliphatic rings. The van der Waals surface area contributed by atoms with Gasteiger partial charge in [0, 0.05) is 24.0 Å². The normalized spacial score (nSPS) is 10.7. The van der Waals surface area contributed by atoms with Crippen LogP contribution in [0.25, 0.3) is 11.0 Å². The highest BCUT2D eigenvalue weighted by Crippen LogP contribution is 2.33. The highest BCUT2D eigenvalue weighted by Gasteiger charge is 2.12. The van der Waals surface area contributed by atoms with Crippen LogP contribution >= 0.6 is 11.8 Å². The number of amides is 1. The van der Waals surface area contributed by atoms with Crippen LogP contribution in [-0.4, -0.2) is 20.8 Å². The van der Waals surface area contributed by atoms with Gasteiger partial charge in [-0.2, -0.15) is 0 Å². The maximum atomic E-state index is 11.3. The van der Waals surface area contributed by atoms with Crippen molar-refractivity contribution in [1.82, 2.24) is 9.97 Å². The fourth-order valence-electron chi connectivity index (χ4n) is 2.09. The van der Waals surface area contributed by atoms with Gasteiger partial charge in [-0.15, -0.1) is 0 Å². The molecule has 23 heavy (non-hydrogen) atoms. The molecule has 0 spiro atoms. The van der Waals surface area contributed by atoms with E-state index in [0.717, 1.165) is 4.90 Å². The van der Waals surface area contributed by atoms with E-state index in [1.54, 1.807) is 12.1 Å². The zero-order valence-electron chi connectivity index (χ0n) is 12.1. The van der Waals surface area contributed by atoms with E-state index >= 15 is 0 Å². The average Bonchev–Trinajstić information content (AvgIpc) is 2.90. The first kappa shape index (κ1) is 15.0. The maximum absolute atomic E-state index is 11.3. The Labute approximate surface area is 135 Å². The number of para-hydroxylation sites is 1.